The molecule has 0 spiro atoms. The number of hydrogen-bond acceptors (Lipinski definition) is 2. The first-order chi connectivity index (χ1) is 12.7. The second-order valence-electron chi connectivity index (χ2n) is 7.87. The maximum absolute atomic E-state index is 4.40. The summed E-state index contributed by atoms with van der Waals surface area (Å²) >= 11 is 0. The zero-order valence-electron chi connectivity index (χ0n) is 15.7. The lowest BCUT2D eigenvalue weighted by atomic mass is 9.91. The highest BCUT2D eigenvalue weighted by Crippen LogP contribution is 2.23. The van der Waals surface area contributed by atoms with Crippen LogP contribution in [0.5, 0.6) is 0 Å². The van der Waals surface area contributed by atoms with Crippen molar-refractivity contribution >= 4 is 23.1 Å². The third-order valence-corrected chi connectivity index (χ3v) is 5.26. The van der Waals surface area contributed by atoms with Crippen LogP contribution in [0.25, 0.3) is 23.1 Å². The Kier molecular flexibility index (Phi) is 4.89. The Hall–Kier alpha value is -2.39. The van der Waals surface area contributed by atoms with Gasteiger partial charge in [-0.05, 0) is 41.5 Å². The smallest absolute Gasteiger partial charge is 0.0927 e. The van der Waals surface area contributed by atoms with E-state index in [1.165, 1.54) is 30.6 Å². The van der Waals surface area contributed by atoms with Crippen LogP contribution < -0.4 is 0 Å². The number of likely N-dealkylation sites (tertiary alicyclic amines) is 1. The third kappa shape index (κ3) is 3.88. The number of fused-ring (bicyclic) bond motifs is 1. The number of benzene rings is 2. The average Bonchev–Trinajstić information content (AvgIpc) is 3.03. The molecule has 4 rings (SSSR count). The van der Waals surface area contributed by atoms with Gasteiger partial charge in [-0.25, -0.2) is 0 Å². The Balaban J connectivity index is 1.43. The molecule has 2 heterocycles. The number of nitrogens with one attached hydrogen (secondary N) is 1. The van der Waals surface area contributed by atoms with Crippen molar-refractivity contribution in [2.45, 2.75) is 26.8 Å². The van der Waals surface area contributed by atoms with Gasteiger partial charge in [0.25, 0.3) is 0 Å². The summed E-state index contributed by atoms with van der Waals surface area (Å²) < 4.78 is 0. The number of piperidine rings is 1. The van der Waals surface area contributed by atoms with Gasteiger partial charge in [0.2, 0.25) is 0 Å². The lowest BCUT2D eigenvalue weighted by molar-refractivity contribution is 0.134. The highest BCUT2D eigenvalue weighted by atomic mass is 15.1. The van der Waals surface area contributed by atoms with Gasteiger partial charge in [-0.2, -0.15) is 5.10 Å². The van der Waals surface area contributed by atoms with E-state index in [2.05, 4.69) is 77.5 Å². The van der Waals surface area contributed by atoms with Crippen molar-refractivity contribution in [1.29, 1.82) is 0 Å². The van der Waals surface area contributed by atoms with Crippen LogP contribution in [0.3, 0.4) is 0 Å². The van der Waals surface area contributed by atoms with Crippen molar-refractivity contribution in [3.05, 3.63) is 65.4 Å². The largest absolute Gasteiger partial charge is 0.299 e. The van der Waals surface area contributed by atoms with Gasteiger partial charge in [0.15, 0.2) is 0 Å². The molecule has 1 aliphatic rings. The highest BCUT2D eigenvalue weighted by molar-refractivity contribution is 5.89. The summed E-state index contributed by atoms with van der Waals surface area (Å²) in [6.45, 7) is 8.24. The van der Waals surface area contributed by atoms with Crippen molar-refractivity contribution in [2.24, 2.45) is 11.8 Å². The Labute approximate surface area is 155 Å². The van der Waals surface area contributed by atoms with Gasteiger partial charge in [-0.1, -0.05) is 62.4 Å². The summed E-state index contributed by atoms with van der Waals surface area (Å²) in [6.07, 6.45) is 5.58. The fourth-order valence-electron chi connectivity index (χ4n) is 4.20. The molecule has 0 bridgehead atoms. The second-order valence-corrected chi connectivity index (χ2v) is 7.87. The lowest BCUT2D eigenvalue weighted by Gasteiger charge is -2.35. The Morgan fingerprint density at radius 2 is 1.73 bits per heavy atom. The van der Waals surface area contributed by atoms with Gasteiger partial charge < -0.3 is 0 Å². The van der Waals surface area contributed by atoms with Crippen LogP contribution >= 0.6 is 0 Å². The van der Waals surface area contributed by atoms with Crippen LogP contribution in [-0.4, -0.2) is 28.2 Å². The maximum atomic E-state index is 4.40. The lowest BCUT2D eigenvalue weighted by Crippen LogP contribution is -2.38. The summed E-state index contributed by atoms with van der Waals surface area (Å²) in [5, 5.41) is 8.64. The van der Waals surface area contributed by atoms with Crippen molar-refractivity contribution < 1.29 is 0 Å². The number of hydrogen-bond donors (Lipinski definition) is 1. The topological polar surface area (TPSA) is 31.9 Å². The monoisotopic (exact) mass is 345 g/mol. The predicted molar refractivity (Wildman–Crippen MR) is 110 cm³/mol. The van der Waals surface area contributed by atoms with Crippen LogP contribution in [0.15, 0.2) is 48.5 Å². The first-order valence-electron chi connectivity index (χ1n) is 9.60. The summed E-state index contributed by atoms with van der Waals surface area (Å²) in [5.41, 5.74) is 4.67. The molecule has 134 valence electrons. The van der Waals surface area contributed by atoms with E-state index in [1.54, 1.807) is 0 Å². The molecule has 2 aromatic carbocycles. The van der Waals surface area contributed by atoms with E-state index in [-0.39, 0.29) is 0 Å². The van der Waals surface area contributed by atoms with Gasteiger partial charge in [0.1, 0.15) is 0 Å². The van der Waals surface area contributed by atoms with Gasteiger partial charge >= 0.3 is 0 Å². The molecule has 1 fully saturated rings. The van der Waals surface area contributed by atoms with Crippen LogP contribution in [-0.2, 0) is 6.54 Å². The van der Waals surface area contributed by atoms with Gasteiger partial charge in [0.05, 0.1) is 11.2 Å². The minimum atomic E-state index is 0.810. The minimum Gasteiger partial charge on any atom is -0.299 e. The summed E-state index contributed by atoms with van der Waals surface area (Å²) in [5.74, 6) is 1.62. The normalized spacial score (nSPS) is 21.6. The maximum Gasteiger partial charge on any atom is 0.0927 e. The third-order valence-electron chi connectivity index (χ3n) is 5.26. The summed E-state index contributed by atoms with van der Waals surface area (Å²) in [6, 6.07) is 17.1. The number of nitrogens with zero attached hydrogens (tertiary/aromatic N) is 2. The van der Waals surface area contributed by atoms with Crippen molar-refractivity contribution in [3.8, 4) is 0 Å². The van der Waals surface area contributed by atoms with E-state index in [0.29, 0.717) is 0 Å². The molecule has 0 amide bonds. The molecule has 0 aliphatic carbocycles. The zero-order chi connectivity index (χ0) is 17.9. The first-order valence-corrected chi connectivity index (χ1v) is 9.60. The molecular weight excluding hydrogens is 318 g/mol. The van der Waals surface area contributed by atoms with E-state index in [9.17, 15) is 0 Å². The Bertz CT molecular complexity index is 881. The highest BCUT2D eigenvalue weighted by Gasteiger charge is 2.21. The fraction of sp³-hybridized carbons (Fsp3) is 0.348. The molecule has 3 heteroatoms. The molecule has 2 atom stereocenters. The molecular formula is C23H27N3. The van der Waals surface area contributed by atoms with Crippen LogP contribution in [0.2, 0.25) is 0 Å². The second kappa shape index (κ2) is 7.46. The number of rotatable bonds is 4. The molecule has 1 saturated heterocycles. The van der Waals surface area contributed by atoms with E-state index >= 15 is 0 Å². The molecule has 1 aliphatic heterocycles. The van der Waals surface area contributed by atoms with Gasteiger partial charge in [-0.15, -0.1) is 0 Å². The number of H-pyrrole nitrogens is 1. The van der Waals surface area contributed by atoms with E-state index in [4.69, 9.17) is 0 Å². The van der Waals surface area contributed by atoms with Crippen molar-refractivity contribution in [3.63, 3.8) is 0 Å². The SMILES string of the molecule is C[C@@H]1C[C@H](C)CN(Cc2ccc(/C=C/c3n[nH]c4ccccc34)cc2)C1. The fourth-order valence-corrected chi connectivity index (χ4v) is 4.20. The molecule has 0 saturated carbocycles. The first kappa shape index (κ1) is 17.0. The minimum absolute atomic E-state index is 0.810. The molecule has 0 unspecified atom stereocenters. The van der Waals surface area contributed by atoms with Gasteiger partial charge in [0, 0.05) is 25.0 Å². The van der Waals surface area contributed by atoms with E-state index < -0.39 is 0 Å². The average molecular weight is 345 g/mol. The summed E-state index contributed by atoms with van der Waals surface area (Å²) in [4.78, 5) is 2.60. The van der Waals surface area contributed by atoms with Crippen LogP contribution in [0.1, 0.15) is 37.1 Å². The molecule has 1 aromatic heterocycles. The Morgan fingerprint density at radius 1 is 1.00 bits per heavy atom. The Morgan fingerprint density at radius 3 is 2.50 bits per heavy atom. The molecule has 0 radical (unpaired) electrons. The number of aromatic nitrogens is 2. The molecule has 26 heavy (non-hydrogen) atoms. The zero-order valence-corrected chi connectivity index (χ0v) is 15.7. The van der Waals surface area contributed by atoms with E-state index in [1.807, 2.05) is 12.1 Å². The van der Waals surface area contributed by atoms with Crippen molar-refractivity contribution in [2.75, 3.05) is 13.1 Å². The van der Waals surface area contributed by atoms with Crippen LogP contribution in [0.4, 0.5) is 0 Å². The molecule has 3 aromatic rings. The molecule has 3 nitrogen and oxygen atoms in total. The van der Waals surface area contributed by atoms with Gasteiger partial charge in [-0.3, -0.25) is 10.00 Å². The molecule has 1 N–H and O–H groups in total. The standard InChI is InChI=1S/C23H27N3/c1-17-13-18(2)15-26(14-17)16-20-9-7-19(8-10-20)11-12-23-21-5-3-4-6-22(21)24-25-23/h3-12,17-18H,13-16H2,1-2H3,(H,24,25)/b12-11+/t17-,18+. The quantitative estimate of drug-likeness (QED) is 0.704. The van der Waals surface area contributed by atoms with Crippen molar-refractivity contribution in [1.82, 2.24) is 15.1 Å². The van der Waals surface area contributed by atoms with E-state index in [0.717, 1.165) is 35.0 Å². The predicted octanol–water partition coefficient (Wildman–Crippen LogP) is 5.21. The number of aromatic amines is 1. The van der Waals surface area contributed by atoms with Crippen LogP contribution in [0, 0.1) is 11.8 Å². The summed E-state index contributed by atoms with van der Waals surface area (Å²) in [7, 11) is 0. The number of para-hydroxylation sites is 1.